The lowest BCUT2D eigenvalue weighted by Crippen LogP contribution is -3.12. The second kappa shape index (κ2) is 9.62. The monoisotopic (exact) mass is 412 g/mol. The summed E-state index contributed by atoms with van der Waals surface area (Å²) >= 11 is 1.52. The van der Waals surface area contributed by atoms with Crippen LogP contribution >= 0.6 is 11.3 Å². The molecule has 29 heavy (non-hydrogen) atoms. The maximum absolute atomic E-state index is 13.3. The summed E-state index contributed by atoms with van der Waals surface area (Å²) in [5.74, 6) is -0.538. The molecule has 0 radical (unpaired) electrons. The maximum Gasteiger partial charge on any atom is 0.337 e. The van der Waals surface area contributed by atoms with Crippen molar-refractivity contribution in [2.75, 3.05) is 38.2 Å². The molecule has 0 saturated carbocycles. The van der Waals surface area contributed by atoms with Gasteiger partial charge in [-0.2, -0.15) is 0 Å². The highest BCUT2D eigenvalue weighted by Gasteiger charge is 2.23. The largest absolute Gasteiger partial charge is 0.465 e. The Morgan fingerprint density at radius 1 is 1.03 bits per heavy atom. The van der Waals surface area contributed by atoms with Crippen LogP contribution in [0.3, 0.4) is 0 Å². The number of para-hydroxylation sites is 1. The molecule has 3 rings (SSSR count). The maximum atomic E-state index is 13.3. The number of anilines is 1. The fraction of sp³-hybridized carbons (Fsp3) is 0.318. The van der Waals surface area contributed by atoms with Gasteiger partial charge in [0.15, 0.2) is 5.13 Å². The van der Waals surface area contributed by atoms with Crippen LogP contribution in [0.5, 0.6) is 0 Å². The lowest BCUT2D eigenvalue weighted by Gasteiger charge is -2.23. The Bertz CT molecular complexity index is 947. The predicted molar refractivity (Wildman–Crippen MR) is 116 cm³/mol. The summed E-state index contributed by atoms with van der Waals surface area (Å²) in [4.78, 5) is 32.9. The number of methoxy groups -OCH3 is 1. The van der Waals surface area contributed by atoms with E-state index < -0.39 is 5.97 Å². The third-order valence-corrected chi connectivity index (χ3v) is 6.06. The molecule has 0 saturated heterocycles. The van der Waals surface area contributed by atoms with Crippen LogP contribution in [0.25, 0.3) is 10.2 Å². The van der Waals surface area contributed by atoms with Crippen LogP contribution in [0.15, 0.2) is 48.5 Å². The minimum atomic E-state index is -0.419. The van der Waals surface area contributed by atoms with Crippen molar-refractivity contribution in [3.05, 3.63) is 59.7 Å². The number of esters is 1. The molecule has 0 fully saturated rings. The minimum Gasteiger partial charge on any atom is -0.465 e. The van der Waals surface area contributed by atoms with E-state index in [1.165, 1.54) is 23.3 Å². The van der Waals surface area contributed by atoms with Crippen LogP contribution < -0.4 is 9.80 Å². The van der Waals surface area contributed by atoms with E-state index in [4.69, 9.17) is 4.74 Å². The number of rotatable bonds is 8. The summed E-state index contributed by atoms with van der Waals surface area (Å²) in [5.41, 5.74) is 1.83. The van der Waals surface area contributed by atoms with Crippen molar-refractivity contribution < 1.29 is 19.2 Å². The number of nitrogens with zero attached hydrogens (tertiary/aromatic N) is 2. The Balaban J connectivity index is 1.90. The Kier molecular flexibility index (Phi) is 6.95. The summed E-state index contributed by atoms with van der Waals surface area (Å²) in [6.45, 7) is 7.73. The Hall–Kier alpha value is -2.77. The van der Waals surface area contributed by atoms with Gasteiger partial charge in [0.25, 0.3) is 5.91 Å². The molecule has 1 amide bonds. The normalized spacial score (nSPS) is 11.0. The predicted octanol–water partition coefficient (Wildman–Crippen LogP) is 2.65. The van der Waals surface area contributed by atoms with Crippen LogP contribution in [0.4, 0.5) is 5.13 Å². The lowest BCUT2D eigenvalue weighted by molar-refractivity contribution is -0.894. The number of hydrogen-bond donors (Lipinski definition) is 1. The number of hydrogen-bond acceptors (Lipinski definition) is 5. The van der Waals surface area contributed by atoms with E-state index in [1.54, 1.807) is 29.2 Å². The molecule has 0 bridgehead atoms. The molecule has 1 aromatic heterocycles. The average molecular weight is 413 g/mol. The highest BCUT2D eigenvalue weighted by Crippen LogP contribution is 2.29. The zero-order valence-electron chi connectivity index (χ0n) is 17.0. The van der Waals surface area contributed by atoms with E-state index in [2.05, 4.69) is 18.8 Å². The van der Waals surface area contributed by atoms with Gasteiger partial charge in [-0.1, -0.05) is 23.5 Å². The summed E-state index contributed by atoms with van der Waals surface area (Å²) in [7, 11) is 1.34. The number of carbonyl (C=O) groups is 2. The van der Waals surface area contributed by atoms with Gasteiger partial charge in [-0.3, -0.25) is 9.69 Å². The molecule has 0 aliphatic carbocycles. The van der Waals surface area contributed by atoms with Crippen molar-refractivity contribution >= 4 is 38.6 Å². The van der Waals surface area contributed by atoms with Gasteiger partial charge in [-0.05, 0) is 50.2 Å². The van der Waals surface area contributed by atoms with Crippen molar-refractivity contribution in [1.29, 1.82) is 0 Å². The van der Waals surface area contributed by atoms with E-state index in [0.717, 1.165) is 29.9 Å². The third kappa shape index (κ3) is 4.81. The van der Waals surface area contributed by atoms with Gasteiger partial charge in [0.1, 0.15) is 0 Å². The Morgan fingerprint density at radius 2 is 1.69 bits per heavy atom. The lowest BCUT2D eigenvalue weighted by atomic mass is 10.1. The number of carbonyl (C=O) groups excluding carboxylic acids is 2. The average Bonchev–Trinajstić information content (AvgIpc) is 3.19. The second-order valence-corrected chi connectivity index (χ2v) is 7.71. The number of quaternary nitrogens is 1. The van der Waals surface area contributed by atoms with Crippen LogP contribution in [-0.2, 0) is 4.74 Å². The molecule has 2 aromatic carbocycles. The number of benzene rings is 2. The zero-order chi connectivity index (χ0) is 20.8. The van der Waals surface area contributed by atoms with E-state index in [0.29, 0.717) is 22.8 Å². The van der Waals surface area contributed by atoms with Crippen molar-refractivity contribution in [3.8, 4) is 0 Å². The first-order valence-electron chi connectivity index (χ1n) is 9.76. The first-order chi connectivity index (χ1) is 14.1. The molecule has 152 valence electrons. The summed E-state index contributed by atoms with van der Waals surface area (Å²) < 4.78 is 5.78. The van der Waals surface area contributed by atoms with Crippen molar-refractivity contribution in [3.63, 3.8) is 0 Å². The SMILES string of the molecule is CC[NH+](CC)CCN(C(=O)c1ccc(C(=O)OC)cc1)c1nc2ccccc2s1. The first kappa shape index (κ1) is 21.0. The Labute approximate surface area is 174 Å². The number of fused-ring (bicyclic) bond motifs is 1. The zero-order valence-corrected chi connectivity index (χ0v) is 17.8. The van der Waals surface area contributed by atoms with Gasteiger partial charge in [0, 0.05) is 5.56 Å². The highest BCUT2D eigenvalue weighted by molar-refractivity contribution is 7.22. The van der Waals surface area contributed by atoms with E-state index in [-0.39, 0.29) is 5.91 Å². The van der Waals surface area contributed by atoms with Gasteiger partial charge in [-0.15, -0.1) is 0 Å². The van der Waals surface area contributed by atoms with Crippen molar-refractivity contribution in [2.24, 2.45) is 0 Å². The molecule has 3 aromatic rings. The molecule has 7 heteroatoms. The molecule has 1 N–H and O–H groups in total. The standard InChI is InChI=1S/C22H25N3O3S/c1-4-24(5-2)14-15-25(22-23-18-8-6-7-9-19(18)29-22)20(26)16-10-12-17(13-11-16)21(27)28-3/h6-13H,4-5,14-15H2,1-3H3/p+1. The van der Waals surface area contributed by atoms with Crippen LogP contribution in [0, 0.1) is 0 Å². The summed E-state index contributed by atoms with van der Waals surface area (Å²) in [6.07, 6.45) is 0. The van der Waals surface area contributed by atoms with Gasteiger partial charge < -0.3 is 9.64 Å². The summed E-state index contributed by atoms with van der Waals surface area (Å²) in [5, 5.41) is 0.694. The molecular weight excluding hydrogens is 386 g/mol. The van der Waals surface area contributed by atoms with E-state index in [1.807, 2.05) is 24.3 Å². The van der Waals surface area contributed by atoms with Gasteiger partial charge >= 0.3 is 5.97 Å². The molecular formula is C22H26N3O3S+. The quantitative estimate of drug-likeness (QED) is 0.578. The fourth-order valence-corrected chi connectivity index (χ4v) is 4.15. The molecule has 1 heterocycles. The fourth-order valence-electron chi connectivity index (χ4n) is 3.16. The summed E-state index contributed by atoms with van der Waals surface area (Å²) in [6, 6.07) is 14.5. The van der Waals surface area contributed by atoms with Crippen LogP contribution in [0.2, 0.25) is 0 Å². The third-order valence-electron chi connectivity index (χ3n) is 5.00. The Morgan fingerprint density at radius 3 is 2.31 bits per heavy atom. The highest BCUT2D eigenvalue weighted by atomic mass is 32.1. The minimum absolute atomic E-state index is 0.118. The first-order valence-corrected chi connectivity index (χ1v) is 10.6. The van der Waals surface area contributed by atoms with Crippen LogP contribution in [0.1, 0.15) is 34.6 Å². The molecule has 0 atom stereocenters. The van der Waals surface area contributed by atoms with Crippen LogP contribution in [-0.4, -0.2) is 50.1 Å². The number of thiazole rings is 1. The van der Waals surface area contributed by atoms with Crippen molar-refractivity contribution in [1.82, 2.24) is 4.98 Å². The molecule has 0 aliphatic heterocycles. The molecule has 6 nitrogen and oxygen atoms in total. The number of nitrogens with one attached hydrogen (secondary N) is 1. The van der Waals surface area contributed by atoms with Crippen molar-refractivity contribution in [2.45, 2.75) is 13.8 Å². The molecule has 0 aliphatic rings. The van der Waals surface area contributed by atoms with Gasteiger partial charge in [-0.25, -0.2) is 9.78 Å². The topological polar surface area (TPSA) is 63.9 Å². The second-order valence-electron chi connectivity index (χ2n) is 6.70. The number of amides is 1. The van der Waals surface area contributed by atoms with E-state index in [9.17, 15) is 9.59 Å². The number of likely N-dealkylation sites (N-methyl/N-ethyl adjacent to an activating group) is 1. The number of aromatic nitrogens is 1. The van der Waals surface area contributed by atoms with Gasteiger partial charge in [0.2, 0.25) is 0 Å². The number of ether oxygens (including phenoxy) is 1. The molecule has 0 spiro atoms. The van der Waals surface area contributed by atoms with E-state index >= 15 is 0 Å². The smallest absolute Gasteiger partial charge is 0.337 e. The van der Waals surface area contributed by atoms with Gasteiger partial charge in [0.05, 0.1) is 49.1 Å². The molecule has 0 unspecified atom stereocenters.